The quantitative estimate of drug-likeness (QED) is 0.488. The number of hydrogen-bond acceptors (Lipinski definition) is 2. The highest BCUT2D eigenvalue weighted by molar-refractivity contribution is 6.06. The maximum Gasteiger partial charge on any atom is 0.0864 e. The summed E-state index contributed by atoms with van der Waals surface area (Å²) in [4.78, 5) is 0. The Kier molecular flexibility index (Phi) is 2.81. The molecule has 0 saturated heterocycles. The summed E-state index contributed by atoms with van der Waals surface area (Å²) in [6, 6.07) is 0. The van der Waals surface area contributed by atoms with Crippen LogP contribution in [0.4, 0.5) is 0 Å². The van der Waals surface area contributed by atoms with Gasteiger partial charge < -0.3 is 5.21 Å². The second kappa shape index (κ2) is 4.19. The molecule has 1 N–H and O–H groups in total. The lowest BCUT2D eigenvalue weighted by molar-refractivity contribution is 0.160. The summed E-state index contributed by atoms with van der Waals surface area (Å²) in [5.41, 5.74) is 5.06. The minimum atomic E-state index is 0.349. The Morgan fingerprint density at radius 2 is 1.59 bits per heavy atom. The number of oxime groups is 1. The molecular formula is C20H31NO. The van der Waals surface area contributed by atoms with Gasteiger partial charge in [-0.05, 0) is 65.3 Å². The molecule has 0 aromatic heterocycles. The van der Waals surface area contributed by atoms with Crippen LogP contribution in [0.5, 0.6) is 0 Å². The van der Waals surface area contributed by atoms with E-state index in [1.54, 1.807) is 5.57 Å². The van der Waals surface area contributed by atoms with Crippen LogP contribution in [0.1, 0.15) is 60.8 Å². The lowest BCUT2D eigenvalue weighted by atomic mass is 9.62. The standard InChI is InChI=1S/C20H31NO/c1-10-13-7-12(19(10,3)4)8-15(13)17-16-9-14(18(17)21-22)11(2)20(16,5)6/h10-14,16,22H,7-9H2,1-6H3/b17-15-,21-18+/t10?,11?,12-,13-,14-,16-/m1/s1. The van der Waals surface area contributed by atoms with Crippen LogP contribution in [0.2, 0.25) is 0 Å². The van der Waals surface area contributed by atoms with Crippen molar-refractivity contribution in [2.45, 2.75) is 60.8 Å². The van der Waals surface area contributed by atoms with Crippen LogP contribution in [-0.4, -0.2) is 10.9 Å². The van der Waals surface area contributed by atoms with Crippen molar-refractivity contribution in [2.75, 3.05) is 0 Å². The monoisotopic (exact) mass is 301 g/mol. The zero-order chi connectivity index (χ0) is 16.0. The number of fused-ring (bicyclic) bond motifs is 4. The minimum absolute atomic E-state index is 0.349. The van der Waals surface area contributed by atoms with E-state index >= 15 is 0 Å². The first-order valence-corrected chi connectivity index (χ1v) is 9.16. The SMILES string of the molecule is CC1[C@H]2C[C@H](C/C2=C2/C(=N/O)[C@@H]3C[C@H]2C(C)(C)C3C)C1(C)C. The van der Waals surface area contributed by atoms with Crippen LogP contribution in [0.3, 0.4) is 0 Å². The fourth-order valence-corrected chi connectivity index (χ4v) is 6.55. The highest BCUT2D eigenvalue weighted by Gasteiger charge is 2.60. The number of rotatable bonds is 0. The van der Waals surface area contributed by atoms with E-state index in [2.05, 4.69) is 46.7 Å². The summed E-state index contributed by atoms with van der Waals surface area (Å²) in [5, 5.41) is 13.5. The Bertz CT molecular complexity index is 579. The van der Waals surface area contributed by atoms with Gasteiger partial charge in [-0.15, -0.1) is 0 Å². The van der Waals surface area contributed by atoms with Crippen molar-refractivity contribution in [3.05, 3.63) is 11.1 Å². The first kappa shape index (κ1) is 14.8. The summed E-state index contributed by atoms with van der Waals surface area (Å²) in [6.07, 6.45) is 3.82. The largest absolute Gasteiger partial charge is 0.411 e. The van der Waals surface area contributed by atoms with Crippen LogP contribution in [-0.2, 0) is 0 Å². The Balaban J connectivity index is 1.81. The highest BCUT2D eigenvalue weighted by Crippen LogP contribution is 2.66. The van der Waals surface area contributed by atoms with Gasteiger partial charge in [-0.25, -0.2) is 0 Å². The van der Waals surface area contributed by atoms with Gasteiger partial charge in [0.05, 0.1) is 5.71 Å². The summed E-state index contributed by atoms with van der Waals surface area (Å²) < 4.78 is 0. The van der Waals surface area contributed by atoms with Crippen molar-refractivity contribution in [2.24, 2.45) is 51.5 Å². The van der Waals surface area contributed by atoms with Crippen LogP contribution >= 0.6 is 0 Å². The summed E-state index contributed by atoms with van der Waals surface area (Å²) in [6.45, 7) is 14.6. The molecule has 4 fully saturated rings. The molecule has 0 radical (unpaired) electrons. The molecule has 4 bridgehead atoms. The van der Waals surface area contributed by atoms with Crippen LogP contribution in [0.25, 0.3) is 0 Å². The molecule has 0 aliphatic heterocycles. The molecule has 2 unspecified atom stereocenters. The number of hydrogen-bond donors (Lipinski definition) is 1. The molecule has 4 aliphatic rings. The van der Waals surface area contributed by atoms with E-state index in [0.29, 0.717) is 28.6 Å². The molecule has 4 saturated carbocycles. The lowest BCUT2D eigenvalue weighted by Crippen LogP contribution is -2.37. The van der Waals surface area contributed by atoms with Gasteiger partial charge in [0.2, 0.25) is 0 Å². The van der Waals surface area contributed by atoms with E-state index in [-0.39, 0.29) is 0 Å². The van der Waals surface area contributed by atoms with Crippen molar-refractivity contribution in [1.29, 1.82) is 0 Å². The van der Waals surface area contributed by atoms with Crippen molar-refractivity contribution < 1.29 is 5.21 Å². The molecule has 0 aromatic rings. The summed E-state index contributed by atoms with van der Waals surface area (Å²) in [7, 11) is 0. The third-order valence-electron chi connectivity index (χ3n) is 8.88. The molecule has 0 heterocycles. The lowest BCUT2D eigenvalue weighted by Gasteiger charge is -2.42. The number of nitrogens with zero attached hydrogens (tertiary/aromatic N) is 1. The molecule has 0 amide bonds. The highest BCUT2D eigenvalue weighted by atomic mass is 16.4. The van der Waals surface area contributed by atoms with E-state index in [1.807, 2.05) is 0 Å². The molecule has 0 aromatic carbocycles. The van der Waals surface area contributed by atoms with Crippen molar-refractivity contribution >= 4 is 5.71 Å². The third kappa shape index (κ3) is 1.50. The maximum absolute atomic E-state index is 9.70. The molecule has 2 nitrogen and oxygen atoms in total. The predicted molar refractivity (Wildman–Crippen MR) is 89.9 cm³/mol. The first-order chi connectivity index (χ1) is 10.2. The zero-order valence-electron chi connectivity index (χ0n) is 15.0. The van der Waals surface area contributed by atoms with E-state index < -0.39 is 0 Å². The average Bonchev–Trinajstić information content (AvgIpc) is 3.14. The van der Waals surface area contributed by atoms with Gasteiger partial charge in [0.1, 0.15) is 0 Å². The van der Waals surface area contributed by atoms with Gasteiger partial charge in [-0.3, -0.25) is 0 Å². The predicted octanol–water partition coefficient (Wildman–Crippen LogP) is 5.13. The van der Waals surface area contributed by atoms with Crippen molar-refractivity contribution in [3.63, 3.8) is 0 Å². The average molecular weight is 301 g/mol. The molecular weight excluding hydrogens is 270 g/mol. The second-order valence-corrected chi connectivity index (χ2v) is 9.78. The smallest absolute Gasteiger partial charge is 0.0864 e. The normalized spacial score (nSPS) is 52.9. The van der Waals surface area contributed by atoms with Gasteiger partial charge >= 0.3 is 0 Å². The van der Waals surface area contributed by atoms with E-state index in [0.717, 1.165) is 23.5 Å². The third-order valence-corrected chi connectivity index (χ3v) is 8.88. The molecule has 6 atom stereocenters. The molecule has 22 heavy (non-hydrogen) atoms. The fraction of sp³-hybridized carbons (Fsp3) is 0.850. The second-order valence-electron chi connectivity index (χ2n) is 9.78. The molecule has 4 rings (SSSR count). The molecule has 2 heteroatoms. The fourth-order valence-electron chi connectivity index (χ4n) is 6.55. The van der Waals surface area contributed by atoms with Crippen molar-refractivity contribution in [3.8, 4) is 0 Å². The van der Waals surface area contributed by atoms with Crippen LogP contribution < -0.4 is 0 Å². The van der Waals surface area contributed by atoms with Gasteiger partial charge in [0.15, 0.2) is 0 Å². The zero-order valence-corrected chi connectivity index (χ0v) is 15.0. The number of allylic oxidation sites excluding steroid dienone is 2. The molecule has 4 aliphatic carbocycles. The van der Waals surface area contributed by atoms with Gasteiger partial charge in [0, 0.05) is 5.92 Å². The van der Waals surface area contributed by atoms with E-state index in [9.17, 15) is 5.21 Å². The Morgan fingerprint density at radius 3 is 2.14 bits per heavy atom. The Labute approximate surface area is 135 Å². The molecule has 122 valence electrons. The van der Waals surface area contributed by atoms with Gasteiger partial charge in [-0.1, -0.05) is 52.3 Å². The molecule has 0 spiro atoms. The minimum Gasteiger partial charge on any atom is -0.411 e. The van der Waals surface area contributed by atoms with Gasteiger partial charge in [0.25, 0.3) is 0 Å². The first-order valence-electron chi connectivity index (χ1n) is 9.16. The van der Waals surface area contributed by atoms with Gasteiger partial charge in [-0.2, -0.15) is 0 Å². The maximum atomic E-state index is 9.70. The Morgan fingerprint density at radius 1 is 0.955 bits per heavy atom. The topological polar surface area (TPSA) is 32.6 Å². The van der Waals surface area contributed by atoms with Crippen molar-refractivity contribution in [1.82, 2.24) is 0 Å². The van der Waals surface area contributed by atoms with E-state index in [4.69, 9.17) is 0 Å². The van der Waals surface area contributed by atoms with Crippen LogP contribution in [0, 0.1) is 46.3 Å². The Hall–Kier alpha value is -0.790. The van der Waals surface area contributed by atoms with E-state index in [1.165, 1.54) is 24.8 Å². The summed E-state index contributed by atoms with van der Waals surface area (Å²) >= 11 is 0. The summed E-state index contributed by atoms with van der Waals surface area (Å²) in [5.74, 6) is 4.04. The van der Waals surface area contributed by atoms with Crippen LogP contribution in [0.15, 0.2) is 16.3 Å².